The Hall–Kier alpha value is -2.07. The number of carbonyl (C=O) groups is 1. The Morgan fingerprint density at radius 1 is 1.40 bits per heavy atom. The highest BCUT2D eigenvalue weighted by Gasteiger charge is 2.25. The maximum absolute atomic E-state index is 10.5. The molecule has 0 amide bonds. The van der Waals surface area contributed by atoms with Gasteiger partial charge in [-0.05, 0) is 42.7 Å². The highest BCUT2D eigenvalue weighted by molar-refractivity contribution is 6.32. The van der Waals surface area contributed by atoms with Gasteiger partial charge in [-0.3, -0.25) is 0 Å². The molecule has 4 nitrogen and oxygen atoms in total. The van der Waals surface area contributed by atoms with Crippen LogP contribution in [0.3, 0.4) is 0 Å². The minimum atomic E-state index is -0.994. The third-order valence-electron chi connectivity index (χ3n) is 3.26. The maximum atomic E-state index is 10.5. The third-order valence-corrected chi connectivity index (χ3v) is 3.59. The fraction of sp³-hybridized carbons (Fsp3) is 0.200. The number of aliphatic carboxylic acids is 1. The van der Waals surface area contributed by atoms with Gasteiger partial charge in [0.2, 0.25) is 0 Å². The van der Waals surface area contributed by atoms with Crippen LogP contribution in [0.4, 0.5) is 0 Å². The average Bonchev–Trinajstić information content (AvgIpc) is 3.15. The van der Waals surface area contributed by atoms with Crippen molar-refractivity contribution in [1.82, 2.24) is 9.78 Å². The Bertz CT molecular complexity index is 687. The van der Waals surface area contributed by atoms with Crippen LogP contribution >= 0.6 is 11.6 Å². The lowest BCUT2D eigenvalue weighted by molar-refractivity contribution is -0.131. The van der Waals surface area contributed by atoms with Crippen LogP contribution in [0.25, 0.3) is 11.8 Å². The fourth-order valence-electron chi connectivity index (χ4n) is 2.03. The maximum Gasteiger partial charge on any atom is 0.328 e. The number of hydrogen-bond donors (Lipinski definition) is 1. The first kappa shape index (κ1) is 12.9. The molecule has 1 aliphatic carbocycles. The van der Waals surface area contributed by atoms with Crippen LogP contribution < -0.4 is 0 Å². The van der Waals surface area contributed by atoms with Crippen molar-refractivity contribution in [2.75, 3.05) is 0 Å². The Morgan fingerprint density at radius 3 is 2.85 bits per heavy atom. The van der Waals surface area contributed by atoms with Crippen LogP contribution in [-0.2, 0) is 4.79 Å². The van der Waals surface area contributed by atoms with Gasteiger partial charge in [-0.15, -0.1) is 0 Å². The Kier molecular flexibility index (Phi) is 3.32. The van der Waals surface area contributed by atoms with Gasteiger partial charge in [-0.25, -0.2) is 9.48 Å². The number of hydrogen-bond acceptors (Lipinski definition) is 2. The van der Waals surface area contributed by atoms with E-state index in [1.807, 2.05) is 18.3 Å². The molecule has 5 heteroatoms. The molecule has 0 saturated heterocycles. The van der Waals surface area contributed by atoms with Gasteiger partial charge in [0.25, 0.3) is 0 Å². The molecule has 1 aromatic heterocycles. The predicted octanol–water partition coefficient (Wildman–Crippen LogP) is 3.50. The topological polar surface area (TPSA) is 55.1 Å². The summed E-state index contributed by atoms with van der Waals surface area (Å²) in [4.78, 5) is 10.5. The summed E-state index contributed by atoms with van der Waals surface area (Å²) < 4.78 is 1.80. The Labute approximate surface area is 121 Å². The molecule has 1 fully saturated rings. The molecule has 20 heavy (non-hydrogen) atoms. The molecule has 0 aliphatic heterocycles. The summed E-state index contributed by atoms with van der Waals surface area (Å²) in [5.41, 5.74) is 2.66. The van der Waals surface area contributed by atoms with Crippen LogP contribution in [-0.4, -0.2) is 20.9 Å². The van der Waals surface area contributed by atoms with Gasteiger partial charge >= 0.3 is 5.97 Å². The second-order valence-corrected chi connectivity index (χ2v) is 5.24. The van der Waals surface area contributed by atoms with Crippen molar-refractivity contribution in [2.45, 2.75) is 18.8 Å². The van der Waals surface area contributed by atoms with Crippen molar-refractivity contribution in [3.05, 3.63) is 52.8 Å². The summed E-state index contributed by atoms with van der Waals surface area (Å²) in [7, 11) is 0. The number of rotatable bonds is 4. The average molecular weight is 289 g/mol. The highest BCUT2D eigenvalue weighted by atomic mass is 35.5. The molecule has 1 aromatic carbocycles. The summed E-state index contributed by atoms with van der Waals surface area (Å²) in [5, 5.41) is 13.7. The van der Waals surface area contributed by atoms with Crippen molar-refractivity contribution in [2.24, 2.45) is 0 Å². The normalized spacial score (nSPS) is 14.8. The van der Waals surface area contributed by atoms with Crippen molar-refractivity contribution in [3.63, 3.8) is 0 Å². The molecule has 2 aromatic rings. The van der Waals surface area contributed by atoms with Crippen molar-refractivity contribution >= 4 is 23.6 Å². The van der Waals surface area contributed by atoms with E-state index in [4.69, 9.17) is 16.7 Å². The number of aromatic nitrogens is 2. The van der Waals surface area contributed by atoms with Gasteiger partial charge in [-0.2, -0.15) is 5.10 Å². The molecule has 1 N–H and O–H groups in total. The van der Waals surface area contributed by atoms with E-state index in [0.29, 0.717) is 16.5 Å². The van der Waals surface area contributed by atoms with E-state index in [-0.39, 0.29) is 0 Å². The van der Waals surface area contributed by atoms with E-state index in [2.05, 4.69) is 5.10 Å². The molecule has 102 valence electrons. The quantitative estimate of drug-likeness (QED) is 0.876. The van der Waals surface area contributed by atoms with E-state index in [9.17, 15) is 4.79 Å². The molecule has 3 rings (SSSR count). The zero-order valence-corrected chi connectivity index (χ0v) is 11.4. The first-order valence-corrected chi connectivity index (χ1v) is 6.78. The third kappa shape index (κ3) is 2.75. The Morgan fingerprint density at radius 2 is 2.20 bits per heavy atom. The van der Waals surface area contributed by atoms with E-state index in [1.165, 1.54) is 18.9 Å². The van der Waals surface area contributed by atoms with E-state index in [0.717, 1.165) is 17.5 Å². The monoisotopic (exact) mass is 288 g/mol. The van der Waals surface area contributed by atoms with Crippen LogP contribution in [0, 0.1) is 0 Å². The highest BCUT2D eigenvalue weighted by Crippen LogP contribution is 2.39. The molecule has 0 radical (unpaired) electrons. The van der Waals surface area contributed by atoms with Crippen LogP contribution in [0.15, 0.2) is 36.5 Å². The second kappa shape index (κ2) is 5.13. The number of carboxylic acids is 1. The molecule has 1 heterocycles. The summed E-state index contributed by atoms with van der Waals surface area (Å²) in [5.74, 6) is -0.379. The van der Waals surface area contributed by atoms with E-state index in [1.54, 1.807) is 16.8 Å². The molecule has 0 bridgehead atoms. The number of halogens is 1. The first-order chi connectivity index (χ1) is 9.63. The van der Waals surface area contributed by atoms with Gasteiger partial charge in [0, 0.05) is 23.2 Å². The van der Waals surface area contributed by atoms with E-state index >= 15 is 0 Å². The summed E-state index contributed by atoms with van der Waals surface area (Å²) in [6, 6.07) is 7.48. The van der Waals surface area contributed by atoms with Gasteiger partial charge in [-0.1, -0.05) is 17.7 Å². The number of nitrogens with zero attached hydrogens (tertiary/aromatic N) is 2. The molecular formula is C15H13ClN2O2. The first-order valence-electron chi connectivity index (χ1n) is 6.40. The molecule has 0 unspecified atom stereocenters. The molecule has 1 aliphatic rings. The molecule has 0 atom stereocenters. The molecule has 0 spiro atoms. The lowest BCUT2D eigenvalue weighted by Crippen LogP contribution is -1.96. The smallest absolute Gasteiger partial charge is 0.328 e. The predicted molar refractivity (Wildman–Crippen MR) is 77.2 cm³/mol. The summed E-state index contributed by atoms with van der Waals surface area (Å²) in [6.07, 6.45) is 6.91. The second-order valence-electron chi connectivity index (χ2n) is 4.84. The van der Waals surface area contributed by atoms with Crippen molar-refractivity contribution < 1.29 is 9.90 Å². The lowest BCUT2D eigenvalue weighted by atomic mass is 10.2. The SMILES string of the molecule is O=C(O)/C=C/c1ccc(-n2ccc(C3CC3)n2)cc1Cl. The number of benzene rings is 1. The zero-order chi connectivity index (χ0) is 14.1. The van der Waals surface area contributed by atoms with Crippen molar-refractivity contribution in [1.29, 1.82) is 0 Å². The zero-order valence-electron chi connectivity index (χ0n) is 10.7. The van der Waals surface area contributed by atoms with Gasteiger partial charge < -0.3 is 5.11 Å². The molecule has 1 saturated carbocycles. The standard InChI is InChI=1S/C15H13ClN2O2/c16-13-9-12(5-3-10(13)4-6-15(19)20)18-8-7-14(17-18)11-1-2-11/h3-9,11H,1-2H2,(H,19,20)/b6-4+. The minimum absolute atomic E-state index is 0.503. The Balaban J connectivity index is 1.86. The summed E-state index contributed by atoms with van der Waals surface area (Å²) in [6.45, 7) is 0. The van der Waals surface area contributed by atoms with Crippen LogP contribution in [0.5, 0.6) is 0 Å². The fourth-order valence-corrected chi connectivity index (χ4v) is 2.27. The lowest BCUT2D eigenvalue weighted by Gasteiger charge is -2.04. The largest absolute Gasteiger partial charge is 0.478 e. The van der Waals surface area contributed by atoms with Gasteiger partial charge in [0.1, 0.15) is 0 Å². The number of carboxylic acid groups (broad SMARTS) is 1. The van der Waals surface area contributed by atoms with Gasteiger partial charge in [0.05, 0.1) is 11.4 Å². The van der Waals surface area contributed by atoms with Crippen molar-refractivity contribution in [3.8, 4) is 5.69 Å². The summed E-state index contributed by atoms with van der Waals surface area (Å²) >= 11 is 6.16. The van der Waals surface area contributed by atoms with Crippen LogP contribution in [0.2, 0.25) is 5.02 Å². The minimum Gasteiger partial charge on any atom is -0.478 e. The van der Waals surface area contributed by atoms with Gasteiger partial charge in [0.15, 0.2) is 0 Å². The van der Waals surface area contributed by atoms with Crippen LogP contribution in [0.1, 0.15) is 30.0 Å². The van der Waals surface area contributed by atoms with E-state index < -0.39 is 5.97 Å². The molecular weight excluding hydrogens is 276 g/mol.